The van der Waals surface area contributed by atoms with E-state index in [0.717, 1.165) is 15.9 Å². The summed E-state index contributed by atoms with van der Waals surface area (Å²) in [7, 11) is 0. The Morgan fingerprint density at radius 3 is 2.61 bits per heavy atom. The van der Waals surface area contributed by atoms with Gasteiger partial charge in [-0.25, -0.2) is 14.4 Å². The van der Waals surface area contributed by atoms with Gasteiger partial charge in [-0.1, -0.05) is 0 Å². The summed E-state index contributed by atoms with van der Waals surface area (Å²) >= 11 is 1.49. The molecule has 0 radical (unpaired) electrons. The Hall–Kier alpha value is -2.99. The van der Waals surface area contributed by atoms with Gasteiger partial charge >= 0.3 is 6.18 Å². The van der Waals surface area contributed by atoms with E-state index in [0.29, 0.717) is 18.4 Å². The van der Waals surface area contributed by atoms with E-state index in [-0.39, 0.29) is 11.6 Å². The van der Waals surface area contributed by atoms with Crippen molar-refractivity contribution in [1.82, 2.24) is 15.3 Å². The molecule has 0 saturated heterocycles. The highest BCUT2D eigenvalue weighted by molar-refractivity contribution is 7.16. The summed E-state index contributed by atoms with van der Waals surface area (Å²) in [4.78, 5) is 21.0. The molecule has 0 saturated carbocycles. The molecule has 12 heteroatoms. The standard InChI is InChI=1S/C21H23F4N5O2S/c1-11(2)29-15-7-18(30-12-4-5-14-16(6-12)33-10-28-14)26-8-13(15)19(31)27-9-17(22)20(3,32)21(23,24)25/h4-8,10-11,17,32H,9H2,1-3H3,(H,27,31)(H2,26,29,30). The van der Waals surface area contributed by atoms with Crippen LogP contribution in [0.5, 0.6) is 0 Å². The molecule has 2 unspecified atom stereocenters. The highest BCUT2D eigenvalue weighted by atomic mass is 32.1. The van der Waals surface area contributed by atoms with Gasteiger partial charge in [-0.2, -0.15) is 13.2 Å². The Balaban J connectivity index is 1.77. The zero-order valence-electron chi connectivity index (χ0n) is 18.0. The van der Waals surface area contributed by atoms with Crippen LogP contribution in [0.25, 0.3) is 10.2 Å². The number of nitrogens with one attached hydrogen (secondary N) is 3. The largest absolute Gasteiger partial charge is 0.419 e. The lowest BCUT2D eigenvalue weighted by Crippen LogP contribution is -2.54. The van der Waals surface area contributed by atoms with Crippen LogP contribution in [0.2, 0.25) is 0 Å². The van der Waals surface area contributed by atoms with Gasteiger partial charge in [0.1, 0.15) is 5.82 Å². The van der Waals surface area contributed by atoms with Gasteiger partial charge in [-0.3, -0.25) is 4.79 Å². The van der Waals surface area contributed by atoms with Gasteiger partial charge in [-0.05, 0) is 39.0 Å². The number of halogens is 4. The van der Waals surface area contributed by atoms with Crippen molar-refractivity contribution >= 4 is 44.7 Å². The van der Waals surface area contributed by atoms with Crippen LogP contribution in [0.4, 0.5) is 34.8 Å². The second kappa shape index (κ2) is 9.48. The van der Waals surface area contributed by atoms with Crippen LogP contribution < -0.4 is 16.0 Å². The van der Waals surface area contributed by atoms with Crippen molar-refractivity contribution in [3.63, 3.8) is 0 Å². The van der Waals surface area contributed by atoms with E-state index in [4.69, 9.17) is 0 Å². The molecule has 2 aromatic heterocycles. The number of aromatic nitrogens is 2. The summed E-state index contributed by atoms with van der Waals surface area (Å²) in [5.74, 6) is -0.411. The molecule has 0 bridgehead atoms. The zero-order chi connectivity index (χ0) is 24.4. The van der Waals surface area contributed by atoms with Gasteiger partial charge in [0.05, 0.1) is 33.5 Å². The third kappa shape index (κ3) is 5.69. The fraction of sp³-hybridized carbons (Fsp3) is 0.381. The third-order valence-electron chi connectivity index (χ3n) is 4.82. The normalized spacial score (nSPS) is 14.7. The van der Waals surface area contributed by atoms with Crippen molar-refractivity contribution in [1.29, 1.82) is 0 Å². The van der Waals surface area contributed by atoms with Crippen molar-refractivity contribution in [2.24, 2.45) is 0 Å². The maximum atomic E-state index is 14.0. The lowest BCUT2D eigenvalue weighted by Gasteiger charge is -2.29. The smallest absolute Gasteiger partial charge is 0.382 e. The Bertz CT molecular complexity index is 1130. The average Bonchev–Trinajstić information content (AvgIpc) is 3.18. The number of hydrogen-bond acceptors (Lipinski definition) is 7. The van der Waals surface area contributed by atoms with E-state index in [1.807, 2.05) is 32.0 Å². The molecule has 0 aliphatic heterocycles. The second-order valence-corrected chi connectivity index (χ2v) is 8.78. The van der Waals surface area contributed by atoms with E-state index < -0.39 is 30.4 Å². The van der Waals surface area contributed by atoms with Crippen molar-refractivity contribution in [3.8, 4) is 0 Å². The molecule has 3 rings (SSSR count). The Labute approximate surface area is 191 Å². The Morgan fingerprint density at radius 2 is 1.94 bits per heavy atom. The van der Waals surface area contributed by atoms with Crippen LogP contribution in [-0.4, -0.2) is 51.5 Å². The minimum absolute atomic E-state index is 0.0195. The number of carbonyl (C=O) groups is 1. The van der Waals surface area contributed by atoms with E-state index in [1.165, 1.54) is 17.5 Å². The molecule has 0 aliphatic carbocycles. The first-order valence-electron chi connectivity index (χ1n) is 9.96. The van der Waals surface area contributed by atoms with Crippen LogP contribution in [-0.2, 0) is 0 Å². The number of aliphatic hydroxyl groups is 1. The van der Waals surface area contributed by atoms with E-state index in [1.54, 1.807) is 11.6 Å². The van der Waals surface area contributed by atoms with Gasteiger partial charge < -0.3 is 21.1 Å². The summed E-state index contributed by atoms with van der Waals surface area (Å²) < 4.78 is 53.4. The number of alkyl halides is 4. The second-order valence-electron chi connectivity index (χ2n) is 7.90. The number of pyridine rings is 1. The molecule has 0 aliphatic rings. The molecule has 178 valence electrons. The van der Waals surface area contributed by atoms with Crippen LogP contribution >= 0.6 is 11.3 Å². The monoisotopic (exact) mass is 485 g/mol. The predicted molar refractivity (Wildman–Crippen MR) is 120 cm³/mol. The summed E-state index contributed by atoms with van der Waals surface area (Å²) in [5.41, 5.74) is 0.138. The van der Waals surface area contributed by atoms with Crippen LogP contribution in [0.3, 0.4) is 0 Å². The number of rotatable bonds is 8. The summed E-state index contributed by atoms with van der Waals surface area (Å²) in [6, 6.07) is 7.07. The van der Waals surface area contributed by atoms with Crippen molar-refractivity contribution in [3.05, 3.63) is 41.5 Å². The number of nitrogens with zero attached hydrogens (tertiary/aromatic N) is 2. The topological polar surface area (TPSA) is 99.2 Å². The number of carbonyl (C=O) groups excluding carboxylic acids is 1. The fourth-order valence-corrected chi connectivity index (χ4v) is 3.59. The first kappa shape index (κ1) is 24.6. The molecule has 7 nitrogen and oxygen atoms in total. The minimum atomic E-state index is -5.18. The lowest BCUT2D eigenvalue weighted by molar-refractivity contribution is -0.272. The summed E-state index contributed by atoms with van der Waals surface area (Å²) in [5, 5.41) is 17.7. The van der Waals surface area contributed by atoms with E-state index in [9.17, 15) is 27.5 Å². The zero-order valence-corrected chi connectivity index (χ0v) is 18.8. The SMILES string of the molecule is CC(C)Nc1cc(Nc2ccc3ncsc3c2)ncc1C(=O)NCC(F)C(C)(O)C(F)(F)F. The molecular formula is C21H23F4N5O2S. The van der Waals surface area contributed by atoms with Crippen LogP contribution in [0.1, 0.15) is 31.1 Å². The highest BCUT2D eigenvalue weighted by Crippen LogP contribution is 2.34. The molecule has 33 heavy (non-hydrogen) atoms. The summed E-state index contributed by atoms with van der Waals surface area (Å²) in [6.45, 7) is 2.97. The van der Waals surface area contributed by atoms with Gasteiger partial charge in [0.2, 0.25) is 0 Å². The van der Waals surface area contributed by atoms with Gasteiger partial charge in [0.15, 0.2) is 11.8 Å². The van der Waals surface area contributed by atoms with Crippen molar-refractivity contribution in [2.45, 2.75) is 44.8 Å². The summed E-state index contributed by atoms with van der Waals surface area (Å²) in [6.07, 6.45) is -6.69. The number of hydrogen-bond donors (Lipinski definition) is 4. The maximum absolute atomic E-state index is 14.0. The molecule has 1 aromatic carbocycles. The minimum Gasteiger partial charge on any atom is -0.382 e. The molecular weight excluding hydrogens is 462 g/mol. The first-order valence-corrected chi connectivity index (χ1v) is 10.8. The first-order chi connectivity index (χ1) is 15.4. The Kier molecular flexibility index (Phi) is 7.08. The number of anilines is 3. The number of amides is 1. The molecule has 0 fully saturated rings. The molecule has 4 N–H and O–H groups in total. The van der Waals surface area contributed by atoms with Crippen LogP contribution in [0, 0.1) is 0 Å². The van der Waals surface area contributed by atoms with E-state index in [2.05, 4.69) is 25.9 Å². The average molecular weight is 486 g/mol. The maximum Gasteiger partial charge on any atom is 0.419 e. The van der Waals surface area contributed by atoms with Gasteiger partial charge in [0, 0.05) is 24.0 Å². The number of fused-ring (bicyclic) bond motifs is 1. The highest BCUT2D eigenvalue weighted by Gasteiger charge is 2.55. The molecule has 2 atom stereocenters. The number of thiazole rings is 1. The predicted octanol–water partition coefficient (Wildman–Crippen LogP) is 4.64. The molecule has 1 amide bonds. The molecule has 0 spiro atoms. The van der Waals surface area contributed by atoms with Crippen molar-refractivity contribution < 1.29 is 27.5 Å². The lowest BCUT2D eigenvalue weighted by atomic mass is 9.99. The Morgan fingerprint density at radius 1 is 1.21 bits per heavy atom. The fourth-order valence-electron chi connectivity index (χ4n) is 2.87. The van der Waals surface area contributed by atoms with Gasteiger partial charge in [0.25, 0.3) is 5.91 Å². The van der Waals surface area contributed by atoms with Crippen molar-refractivity contribution in [2.75, 3.05) is 17.2 Å². The van der Waals surface area contributed by atoms with Gasteiger partial charge in [-0.15, -0.1) is 11.3 Å². The molecule has 2 heterocycles. The molecule has 3 aromatic rings. The van der Waals surface area contributed by atoms with E-state index >= 15 is 0 Å². The third-order valence-corrected chi connectivity index (χ3v) is 5.61. The quantitative estimate of drug-likeness (QED) is 0.347. The van der Waals surface area contributed by atoms with Crippen LogP contribution in [0.15, 0.2) is 36.0 Å². The number of benzene rings is 1.